The van der Waals surface area contributed by atoms with Crippen molar-refractivity contribution in [1.29, 1.82) is 0 Å². The summed E-state index contributed by atoms with van der Waals surface area (Å²) in [6.45, 7) is 15.2. The number of esters is 1. The van der Waals surface area contributed by atoms with Crippen LogP contribution in [-0.4, -0.2) is 70.8 Å². The van der Waals surface area contributed by atoms with Crippen LogP contribution in [-0.2, 0) is 30.3 Å². The first-order valence-corrected chi connectivity index (χ1v) is 15.0. The third-order valence-corrected chi connectivity index (χ3v) is 9.74. The van der Waals surface area contributed by atoms with E-state index in [1.807, 2.05) is 76.2 Å². The molecule has 8 nitrogen and oxygen atoms in total. The lowest BCUT2D eigenvalue weighted by Crippen LogP contribution is -2.59. The van der Waals surface area contributed by atoms with Crippen molar-refractivity contribution in [2.75, 3.05) is 24.7 Å². The van der Waals surface area contributed by atoms with Crippen molar-refractivity contribution in [3.05, 3.63) is 90.5 Å². The van der Waals surface area contributed by atoms with Crippen LogP contribution < -0.4 is 4.90 Å². The first-order chi connectivity index (χ1) is 20.5. The maximum Gasteiger partial charge on any atom is 0.313 e. The summed E-state index contributed by atoms with van der Waals surface area (Å²) in [6.07, 6.45) is 3.90. The van der Waals surface area contributed by atoms with Crippen LogP contribution in [0, 0.1) is 31.6 Å². The molecule has 0 saturated carbocycles. The Morgan fingerprint density at radius 3 is 2.56 bits per heavy atom. The van der Waals surface area contributed by atoms with E-state index in [9.17, 15) is 14.7 Å². The molecule has 3 fully saturated rings. The molecule has 43 heavy (non-hydrogen) atoms. The molecule has 2 bridgehead atoms. The molecule has 3 heterocycles. The fourth-order valence-electron chi connectivity index (χ4n) is 7.67. The summed E-state index contributed by atoms with van der Waals surface area (Å²) < 4.78 is 12.4. The van der Waals surface area contributed by atoms with Gasteiger partial charge in [-0.25, -0.2) is 0 Å². The van der Waals surface area contributed by atoms with Gasteiger partial charge in [0.1, 0.15) is 24.2 Å². The molecule has 2 amide bonds. The van der Waals surface area contributed by atoms with E-state index in [0.29, 0.717) is 12.8 Å². The third kappa shape index (κ3) is 4.90. The molecule has 228 valence electrons. The molecular formula is C35H42N2O6. The first-order valence-electron chi connectivity index (χ1n) is 15.0. The Labute approximate surface area is 254 Å². The average molecular weight is 587 g/mol. The zero-order chi connectivity index (χ0) is 31.1. The van der Waals surface area contributed by atoms with Gasteiger partial charge in [-0.15, -0.1) is 6.58 Å². The molecule has 1 N–H and O–H groups in total. The highest BCUT2D eigenvalue weighted by Gasteiger charge is 2.80. The number of hydrogen-bond donors (Lipinski definition) is 1. The molecule has 8 heteroatoms. The van der Waals surface area contributed by atoms with Crippen molar-refractivity contribution in [3.63, 3.8) is 0 Å². The number of aryl methyl sites for hydroxylation is 2. The lowest BCUT2D eigenvalue weighted by atomic mass is 9.62. The topological polar surface area (TPSA) is 96.4 Å². The molecule has 0 aliphatic carbocycles. The lowest BCUT2D eigenvalue weighted by molar-refractivity contribution is -0.161. The maximum atomic E-state index is 15.0. The van der Waals surface area contributed by atoms with Gasteiger partial charge in [0.2, 0.25) is 5.91 Å². The zero-order valence-corrected chi connectivity index (χ0v) is 25.5. The van der Waals surface area contributed by atoms with Crippen LogP contribution in [0.3, 0.4) is 0 Å². The van der Waals surface area contributed by atoms with Crippen molar-refractivity contribution in [3.8, 4) is 0 Å². The van der Waals surface area contributed by atoms with Crippen molar-refractivity contribution >= 4 is 23.5 Å². The summed E-state index contributed by atoms with van der Waals surface area (Å²) in [4.78, 5) is 46.5. The predicted octanol–water partition coefficient (Wildman–Crippen LogP) is 4.17. The van der Waals surface area contributed by atoms with E-state index in [4.69, 9.17) is 9.47 Å². The van der Waals surface area contributed by atoms with Gasteiger partial charge in [0.15, 0.2) is 0 Å². The highest BCUT2D eigenvalue weighted by atomic mass is 16.6. The smallest absolute Gasteiger partial charge is 0.313 e. The summed E-state index contributed by atoms with van der Waals surface area (Å²) in [5, 5.41) is 10.8. The Bertz CT molecular complexity index is 1420. The Balaban J connectivity index is 1.67. The van der Waals surface area contributed by atoms with Crippen molar-refractivity contribution in [1.82, 2.24) is 4.90 Å². The molecule has 0 radical (unpaired) electrons. The largest absolute Gasteiger partial charge is 0.461 e. The van der Waals surface area contributed by atoms with Gasteiger partial charge in [0.05, 0.1) is 24.2 Å². The first kappa shape index (κ1) is 30.7. The molecule has 2 aromatic rings. The standard InChI is InChI=1S/C35H42N2O6/c1-7-16-36(27-18-22(3)14-15-23(27)4)32(40)30-35-20-24(5)34(6,43-35)29(33(41)42-17-8-2)28(35)31(39)37(30)26(21-38)19-25-12-10-9-11-13-25/h7-15,18,24,26,28-30,38H,1-2,16-17,19-21H2,3-6H3/t24?,26-,28+,29+,30?,34-,35?/m1/s1. The van der Waals surface area contributed by atoms with Gasteiger partial charge in [-0.05, 0) is 62.3 Å². The van der Waals surface area contributed by atoms with Gasteiger partial charge in [0, 0.05) is 12.2 Å². The van der Waals surface area contributed by atoms with E-state index in [-0.39, 0.29) is 37.5 Å². The minimum absolute atomic E-state index is 0.00674. The van der Waals surface area contributed by atoms with Crippen LogP contribution in [0.15, 0.2) is 73.8 Å². The maximum absolute atomic E-state index is 15.0. The number of carbonyl (C=O) groups is 3. The summed E-state index contributed by atoms with van der Waals surface area (Å²) in [7, 11) is 0. The second-order valence-corrected chi connectivity index (χ2v) is 12.4. The molecule has 5 rings (SSSR count). The Hall–Kier alpha value is -3.75. The number of carbonyl (C=O) groups excluding carboxylic acids is 3. The van der Waals surface area contributed by atoms with E-state index >= 15 is 4.79 Å². The number of ether oxygens (including phenoxy) is 2. The normalized spacial score (nSPS) is 29.7. The summed E-state index contributed by atoms with van der Waals surface area (Å²) in [5.74, 6) is -3.22. The molecular weight excluding hydrogens is 544 g/mol. The van der Waals surface area contributed by atoms with E-state index in [1.54, 1.807) is 11.0 Å². The number of likely N-dealkylation sites (tertiary alicyclic amines) is 1. The van der Waals surface area contributed by atoms with Gasteiger partial charge in [-0.2, -0.15) is 0 Å². The summed E-state index contributed by atoms with van der Waals surface area (Å²) in [5.41, 5.74) is 1.24. The van der Waals surface area contributed by atoms with Gasteiger partial charge in [-0.3, -0.25) is 14.4 Å². The van der Waals surface area contributed by atoms with Crippen molar-refractivity contribution < 1.29 is 29.0 Å². The molecule has 3 aliphatic heterocycles. The van der Waals surface area contributed by atoms with Crippen LogP contribution in [0.5, 0.6) is 0 Å². The van der Waals surface area contributed by atoms with Crippen LogP contribution >= 0.6 is 0 Å². The number of hydrogen-bond acceptors (Lipinski definition) is 6. The Kier molecular flexibility index (Phi) is 8.38. The highest BCUT2D eigenvalue weighted by Crippen LogP contribution is 2.65. The van der Waals surface area contributed by atoms with E-state index in [1.165, 1.54) is 11.0 Å². The van der Waals surface area contributed by atoms with E-state index < -0.39 is 41.1 Å². The van der Waals surface area contributed by atoms with Gasteiger partial charge in [-0.1, -0.05) is 68.1 Å². The van der Waals surface area contributed by atoms with E-state index in [0.717, 1.165) is 22.4 Å². The summed E-state index contributed by atoms with van der Waals surface area (Å²) in [6, 6.07) is 13.7. The second-order valence-electron chi connectivity index (χ2n) is 12.4. The summed E-state index contributed by atoms with van der Waals surface area (Å²) >= 11 is 0. The Morgan fingerprint density at radius 2 is 1.91 bits per heavy atom. The fourth-order valence-corrected chi connectivity index (χ4v) is 7.67. The zero-order valence-electron chi connectivity index (χ0n) is 25.5. The number of amides is 2. The van der Waals surface area contributed by atoms with Crippen LogP contribution in [0.4, 0.5) is 5.69 Å². The number of benzene rings is 2. The van der Waals surface area contributed by atoms with Gasteiger partial charge >= 0.3 is 5.97 Å². The molecule has 3 unspecified atom stereocenters. The number of nitrogens with zero attached hydrogens (tertiary/aromatic N) is 2. The molecule has 3 saturated heterocycles. The number of fused-ring (bicyclic) bond motifs is 1. The minimum atomic E-state index is -1.28. The molecule has 7 atom stereocenters. The minimum Gasteiger partial charge on any atom is -0.461 e. The van der Waals surface area contributed by atoms with Crippen molar-refractivity contribution in [2.24, 2.45) is 17.8 Å². The lowest BCUT2D eigenvalue weighted by Gasteiger charge is -2.40. The van der Waals surface area contributed by atoms with E-state index in [2.05, 4.69) is 13.2 Å². The monoisotopic (exact) mass is 586 g/mol. The van der Waals surface area contributed by atoms with Crippen LogP contribution in [0.2, 0.25) is 0 Å². The van der Waals surface area contributed by atoms with Crippen LogP contribution in [0.25, 0.3) is 0 Å². The molecule has 2 aromatic carbocycles. The van der Waals surface area contributed by atoms with Crippen molar-refractivity contribution in [2.45, 2.75) is 63.8 Å². The average Bonchev–Trinajstić information content (AvgIpc) is 3.51. The van der Waals surface area contributed by atoms with Crippen LogP contribution in [0.1, 0.15) is 37.0 Å². The number of rotatable bonds is 11. The SMILES string of the molecule is C=CCOC(=O)[C@@H]1[C@H]2C(=O)N([C@@H](CO)Cc3ccccc3)C(C(=O)N(CC=C)c3cc(C)ccc3C)C23CC(C)[C@@]1(C)O3. The predicted molar refractivity (Wildman–Crippen MR) is 164 cm³/mol. The fraction of sp³-hybridized carbons (Fsp3) is 0.457. The molecule has 1 spiro atoms. The number of aliphatic hydroxyl groups is 1. The number of aliphatic hydroxyl groups excluding tert-OH is 1. The Morgan fingerprint density at radius 1 is 1.19 bits per heavy atom. The van der Waals surface area contributed by atoms with Gasteiger partial charge in [0.25, 0.3) is 5.91 Å². The quantitative estimate of drug-likeness (QED) is 0.314. The third-order valence-electron chi connectivity index (χ3n) is 9.74. The molecule has 3 aliphatic rings. The van der Waals surface area contributed by atoms with Gasteiger partial charge < -0.3 is 24.4 Å². The molecule has 0 aromatic heterocycles. The second kappa shape index (κ2) is 11.7. The number of anilines is 1. The highest BCUT2D eigenvalue weighted by molar-refractivity contribution is 6.05.